The number of hydrogen-bond donors (Lipinski definition) is 2. The van der Waals surface area contributed by atoms with Crippen LogP contribution in [0.25, 0.3) is 0 Å². The van der Waals surface area contributed by atoms with E-state index in [1.54, 1.807) is 30.3 Å². The van der Waals surface area contributed by atoms with E-state index >= 15 is 0 Å². The Labute approximate surface area is 135 Å². The maximum atomic E-state index is 12.3. The first-order valence-corrected chi connectivity index (χ1v) is 7.13. The fourth-order valence-corrected chi connectivity index (χ4v) is 2.61. The van der Waals surface area contributed by atoms with E-state index in [1.807, 2.05) is 5.32 Å². The van der Waals surface area contributed by atoms with Crippen LogP contribution in [0.5, 0.6) is 0 Å². The molecule has 0 radical (unpaired) electrons. The van der Waals surface area contributed by atoms with Crippen molar-refractivity contribution in [2.75, 3.05) is 6.54 Å². The molecule has 1 aliphatic heterocycles. The van der Waals surface area contributed by atoms with E-state index < -0.39 is 42.5 Å². The van der Waals surface area contributed by atoms with Gasteiger partial charge in [-0.3, -0.25) is 9.59 Å². The minimum absolute atomic E-state index is 0.0294. The number of aliphatic carboxylic acids is 1. The van der Waals surface area contributed by atoms with Gasteiger partial charge in [0.15, 0.2) is 6.04 Å². The minimum atomic E-state index is -4.67. The van der Waals surface area contributed by atoms with Crippen molar-refractivity contribution >= 4 is 17.8 Å². The van der Waals surface area contributed by atoms with Crippen LogP contribution in [0.1, 0.15) is 24.4 Å². The van der Waals surface area contributed by atoms with Crippen LogP contribution in [0.15, 0.2) is 30.3 Å². The molecule has 2 atom stereocenters. The highest BCUT2D eigenvalue weighted by Gasteiger charge is 2.41. The lowest BCUT2D eigenvalue weighted by molar-refractivity contribution is -0.155. The number of likely N-dealkylation sites (tertiary alicyclic amines) is 1. The second-order valence-corrected chi connectivity index (χ2v) is 5.38. The summed E-state index contributed by atoms with van der Waals surface area (Å²) in [5, 5.41) is 11.4. The molecule has 2 N–H and O–H groups in total. The lowest BCUT2D eigenvalue weighted by Gasteiger charge is -2.25. The molecule has 0 unspecified atom stereocenters. The number of carboxylic acids is 1. The van der Waals surface area contributed by atoms with Gasteiger partial charge in [-0.2, -0.15) is 13.2 Å². The molecule has 1 heterocycles. The van der Waals surface area contributed by atoms with Crippen LogP contribution >= 0.6 is 0 Å². The molecule has 0 aromatic heterocycles. The third kappa shape index (κ3) is 4.24. The quantitative estimate of drug-likeness (QED) is 0.847. The molecule has 2 amide bonds. The van der Waals surface area contributed by atoms with E-state index in [2.05, 4.69) is 0 Å². The predicted molar refractivity (Wildman–Crippen MR) is 75.8 cm³/mol. The molecule has 2 rings (SSSR count). The van der Waals surface area contributed by atoms with Crippen LogP contribution in [-0.2, 0) is 14.4 Å². The van der Waals surface area contributed by atoms with Crippen molar-refractivity contribution in [1.29, 1.82) is 0 Å². The molecular formula is C15H15F3N2O4. The Morgan fingerprint density at radius 3 is 2.46 bits per heavy atom. The molecule has 0 spiro atoms. The summed E-state index contributed by atoms with van der Waals surface area (Å²) < 4.78 is 36.5. The van der Waals surface area contributed by atoms with Gasteiger partial charge in [-0.15, -0.1) is 0 Å². The van der Waals surface area contributed by atoms with Crippen molar-refractivity contribution in [3.05, 3.63) is 35.9 Å². The molecule has 24 heavy (non-hydrogen) atoms. The number of nitrogens with zero attached hydrogens (tertiary/aromatic N) is 1. The Hall–Kier alpha value is -2.58. The maximum Gasteiger partial charge on any atom is 0.397 e. The molecule has 1 aromatic rings. The van der Waals surface area contributed by atoms with Gasteiger partial charge in [-0.1, -0.05) is 30.3 Å². The highest BCUT2D eigenvalue weighted by molar-refractivity contribution is 5.92. The van der Waals surface area contributed by atoms with Crippen molar-refractivity contribution in [2.45, 2.75) is 31.1 Å². The lowest BCUT2D eigenvalue weighted by atomic mass is 10.1. The highest BCUT2D eigenvalue weighted by atomic mass is 19.4. The zero-order valence-corrected chi connectivity index (χ0v) is 12.4. The van der Waals surface area contributed by atoms with Crippen molar-refractivity contribution in [1.82, 2.24) is 10.2 Å². The molecule has 6 nitrogen and oxygen atoms in total. The van der Waals surface area contributed by atoms with Gasteiger partial charge in [0.2, 0.25) is 11.8 Å². The van der Waals surface area contributed by atoms with Crippen LogP contribution in [0, 0.1) is 0 Å². The van der Waals surface area contributed by atoms with Gasteiger partial charge in [0, 0.05) is 6.54 Å². The van der Waals surface area contributed by atoms with Crippen molar-refractivity contribution in [3.63, 3.8) is 0 Å². The molecule has 1 aliphatic rings. The average molecular weight is 344 g/mol. The number of nitrogens with one attached hydrogen (secondary N) is 1. The number of carbonyl (C=O) groups excluding carboxylic acids is 2. The number of hydrogen-bond acceptors (Lipinski definition) is 3. The lowest BCUT2D eigenvalue weighted by Crippen LogP contribution is -2.44. The van der Waals surface area contributed by atoms with Crippen molar-refractivity contribution in [3.8, 4) is 0 Å². The Morgan fingerprint density at radius 1 is 1.29 bits per heavy atom. The predicted octanol–water partition coefficient (Wildman–Crippen LogP) is 1.48. The summed E-state index contributed by atoms with van der Waals surface area (Å²) in [6, 6.07) is 5.62. The second-order valence-electron chi connectivity index (χ2n) is 5.38. The van der Waals surface area contributed by atoms with Gasteiger partial charge < -0.3 is 15.3 Å². The molecule has 0 bridgehead atoms. The zero-order valence-electron chi connectivity index (χ0n) is 12.4. The summed E-state index contributed by atoms with van der Waals surface area (Å²) in [5.41, 5.74) is 0.376. The number of halogens is 3. The molecule has 1 fully saturated rings. The van der Waals surface area contributed by atoms with Crippen LogP contribution in [0.2, 0.25) is 0 Å². The van der Waals surface area contributed by atoms with E-state index in [-0.39, 0.29) is 13.0 Å². The Bertz CT molecular complexity index is 633. The fourth-order valence-electron chi connectivity index (χ4n) is 2.61. The normalized spacial score (nSPS) is 19.2. The Kier molecular flexibility index (Phi) is 5.10. The van der Waals surface area contributed by atoms with E-state index in [9.17, 15) is 32.7 Å². The third-order valence-electron chi connectivity index (χ3n) is 3.60. The first-order chi connectivity index (χ1) is 11.2. The van der Waals surface area contributed by atoms with Gasteiger partial charge in [-0.05, 0) is 12.0 Å². The molecule has 0 saturated carbocycles. The summed E-state index contributed by atoms with van der Waals surface area (Å²) in [4.78, 5) is 36.2. The van der Waals surface area contributed by atoms with E-state index in [4.69, 9.17) is 0 Å². The number of carbonyl (C=O) groups is 3. The minimum Gasteiger partial charge on any atom is -0.479 e. The molecule has 1 saturated heterocycles. The molecule has 1 aromatic carbocycles. The number of benzene rings is 1. The van der Waals surface area contributed by atoms with Crippen molar-refractivity contribution in [2.24, 2.45) is 0 Å². The van der Waals surface area contributed by atoms with Crippen LogP contribution < -0.4 is 5.32 Å². The van der Waals surface area contributed by atoms with E-state index in [1.165, 1.54) is 0 Å². The fraction of sp³-hybridized carbons (Fsp3) is 0.400. The molecule has 9 heteroatoms. The standard InChI is InChI=1S/C15H15F3N2O4/c16-15(17,18)8-11(21)19-10-6-7-20(13(10)22)12(14(23)24)9-4-2-1-3-5-9/h1-5,10,12H,6-8H2,(H,19,21)(H,23,24)/t10-,12-/m1/s1. The Balaban J connectivity index is 2.09. The molecule has 130 valence electrons. The first kappa shape index (κ1) is 17.8. The molecule has 0 aliphatic carbocycles. The largest absolute Gasteiger partial charge is 0.479 e. The van der Waals surface area contributed by atoms with Crippen LogP contribution in [0.4, 0.5) is 13.2 Å². The third-order valence-corrected chi connectivity index (χ3v) is 3.60. The average Bonchev–Trinajstić information content (AvgIpc) is 2.80. The van der Waals surface area contributed by atoms with E-state index in [0.29, 0.717) is 5.56 Å². The summed E-state index contributed by atoms with van der Waals surface area (Å²) in [5.74, 6) is -3.27. The van der Waals surface area contributed by atoms with Crippen molar-refractivity contribution < 1.29 is 32.7 Å². The number of alkyl halides is 3. The Morgan fingerprint density at radius 2 is 1.92 bits per heavy atom. The second kappa shape index (κ2) is 6.90. The summed E-state index contributed by atoms with van der Waals surface area (Å²) in [6.45, 7) is 0.0294. The molecular weight excluding hydrogens is 329 g/mol. The topological polar surface area (TPSA) is 86.7 Å². The van der Waals surface area contributed by atoms with Gasteiger partial charge in [-0.25, -0.2) is 4.79 Å². The highest BCUT2D eigenvalue weighted by Crippen LogP contribution is 2.27. The van der Waals surface area contributed by atoms with Gasteiger partial charge in [0.05, 0.1) is 0 Å². The van der Waals surface area contributed by atoms with Crippen LogP contribution in [0.3, 0.4) is 0 Å². The van der Waals surface area contributed by atoms with Crippen LogP contribution in [-0.4, -0.2) is 46.6 Å². The summed E-state index contributed by atoms with van der Waals surface area (Å²) >= 11 is 0. The van der Waals surface area contributed by atoms with E-state index in [0.717, 1.165) is 4.90 Å². The SMILES string of the molecule is O=C(CC(F)(F)F)N[C@@H]1CCN([C@@H](C(=O)O)c2ccccc2)C1=O. The monoisotopic (exact) mass is 344 g/mol. The summed E-state index contributed by atoms with van der Waals surface area (Å²) in [6.07, 6.45) is -6.30. The first-order valence-electron chi connectivity index (χ1n) is 7.13. The smallest absolute Gasteiger partial charge is 0.397 e. The summed E-state index contributed by atoms with van der Waals surface area (Å²) in [7, 11) is 0. The van der Waals surface area contributed by atoms with Gasteiger partial charge in [0.1, 0.15) is 12.5 Å². The number of carboxylic acid groups (broad SMARTS) is 1. The number of rotatable bonds is 5. The van der Waals surface area contributed by atoms with Gasteiger partial charge >= 0.3 is 12.1 Å². The maximum absolute atomic E-state index is 12.3. The number of amides is 2. The zero-order chi connectivity index (χ0) is 17.9. The van der Waals surface area contributed by atoms with Gasteiger partial charge in [0.25, 0.3) is 0 Å².